The van der Waals surface area contributed by atoms with Crippen LogP contribution in [0.25, 0.3) is 99.5 Å². The maximum atomic E-state index is 6.34. The summed E-state index contributed by atoms with van der Waals surface area (Å²) in [5.74, 6) is 0.665. The molecule has 10 rings (SSSR count). The van der Waals surface area contributed by atoms with E-state index in [4.69, 9.17) is 19.4 Å². The van der Waals surface area contributed by atoms with Crippen molar-refractivity contribution in [1.29, 1.82) is 0 Å². The number of furan rings is 1. The van der Waals surface area contributed by atoms with Crippen LogP contribution in [0.3, 0.4) is 0 Å². The topological polar surface area (TPSA) is 51.8 Å². The minimum Gasteiger partial charge on any atom is -0.456 e. The third-order valence-electron chi connectivity index (χ3n) is 9.47. The molecule has 7 aromatic carbocycles. The fourth-order valence-corrected chi connectivity index (χ4v) is 7.14. The van der Waals surface area contributed by atoms with Crippen molar-refractivity contribution in [3.8, 4) is 45.0 Å². The molecule has 3 aromatic heterocycles. The highest BCUT2D eigenvalue weighted by Gasteiger charge is 2.19. The molecule has 3 heterocycles. The third-order valence-corrected chi connectivity index (χ3v) is 9.47. The predicted octanol–water partition coefficient (Wildman–Crippen LogP) is 11.9. The Bertz CT molecular complexity index is 2860. The molecule has 0 spiro atoms. The van der Waals surface area contributed by atoms with Gasteiger partial charge in [-0.1, -0.05) is 133 Å². The zero-order valence-electron chi connectivity index (χ0n) is 26.3. The summed E-state index contributed by atoms with van der Waals surface area (Å²) in [7, 11) is 0. The number of rotatable bonds is 4. The van der Waals surface area contributed by atoms with Crippen LogP contribution in [0.2, 0.25) is 0 Å². The van der Waals surface area contributed by atoms with E-state index in [0.717, 1.165) is 82.6 Å². The zero-order valence-corrected chi connectivity index (χ0v) is 26.3. The van der Waals surface area contributed by atoms with E-state index in [1.807, 2.05) is 36.4 Å². The molecule has 0 bridgehead atoms. The van der Waals surface area contributed by atoms with E-state index in [1.54, 1.807) is 0 Å². The Morgan fingerprint density at radius 3 is 1.73 bits per heavy atom. The Balaban J connectivity index is 1.20. The van der Waals surface area contributed by atoms with Crippen LogP contribution in [-0.4, -0.2) is 15.0 Å². The lowest BCUT2D eigenvalue weighted by Gasteiger charge is -2.13. The molecule has 0 fully saturated rings. The predicted molar refractivity (Wildman–Crippen MR) is 201 cm³/mol. The van der Waals surface area contributed by atoms with Crippen LogP contribution in [0.1, 0.15) is 0 Å². The molecule has 0 N–H and O–H groups in total. The van der Waals surface area contributed by atoms with Crippen molar-refractivity contribution in [3.63, 3.8) is 0 Å². The van der Waals surface area contributed by atoms with Crippen LogP contribution in [0.5, 0.6) is 0 Å². The minimum absolute atomic E-state index is 0.665. The van der Waals surface area contributed by atoms with Gasteiger partial charge in [0, 0.05) is 49.0 Å². The number of hydrogen-bond donors (Lipinski definition) is 0. The summed E-state index contributed by atoms with van der Waals surface area (Å²) in [6.45, 7) is 0. The van der Waals surface area contributed by atoms with Gasteiger partial charge in [0.15, 0.2) is 5.82 Å². The van der Waals surface area contributed by atoms with Gasteiger partial charge in [-0.25, -0.2) is 15.0 Å². The van der Waals surface area contributed by atoms with Crippen LogP contribution >= 0.6 is 0 Å². The highest BCUT2D eigenvalue weighted by atomic mass is 16.3. The molecule has 0 radical (unpaired) electrons. The van der Waals surface area contributed by atoms with Crippen LogP contribution < -0.4 is 0 Å². The molecule has 10 aromatic rings. The summed E-state index contributed by atoms with van der Waals surface area (Å²) >= 11 is 0. The van der Waals surface area contributed by atoms with E-state index in [1.165, 1.54) is 11.1 Å². The number of hydrogen-bond acceptors (Lipinski definition) is 4. The molecule has 0 atom stereocenters. The fraction of sp³-hybridized carbons (Fsp3) is 0. The molecule has 228 valence electrons. The van der Waals surface area contributed by atoms with Crippen molar-refractivity contribution >= 4 is 54.5 Å². The van der Waals surface area contributed by atoms with Gasteiger partial charge >= 0.3 is 0 Å². The molecule has 49 heavy (non-hydrogen) atoms. The molecule has 0 aliphatic rings. The normalized spacial score (nSPS) is 11.7. The molecule has 0 unspecified atom stereocenters. The summed E-state index contributed by atoms with van der Waals surface area (Å²) in [4.78, 5) is 15.6. The monoisotopic (exact) mass is 625 g/mol. The van der Waals surface area contributed by atoms with Crippen molar-refractivity contribution < 1.29 is 4.42 Å². The third kappa shape index (κ3) is 4.49. The number of aromatic nitrogens is 3. The van der Waals surface area contributed by atoms with Gasteiger partial charge in [-0.2, -0.15) is 0 Å². The maximum absolute atomic E-state index is 6.34. The first-order valence-corrected chi connectivity index (χ1v) is 16.4. The zero-order chi connectivity index (χ0) is 32.3. The van der Waals surface area contributed by atoms with Crippen LogP contribution in [0, 0.1) is 0 Å². The van der Waals surface area contributed by atoms with Crippen LogP contribution in [-0.2, 0) is 0 Å². The van der Waals surface area contributed by atoms with Gasteiger partial charge in [0.05, 0.1) is 22.4 Å². The number of nitrogens with zero attached hydrogens (tertiary/aromatic N) is 3. The summed E-state index contributed by atoms with van der Waals surface area (Å²) in [6, 6.07) is 56.6. The molecule has 4 nitrogen and oxygen atoms in total. The van der Waals surface area contributed by atoms with Gasteiger partial charge in [0.1, 0.15) is 11.2 Å². The first kappa shape index (κ1) is 27.5. The number of para-hydroxylation sites is 2. The van der Waals surface area contributed by atoms with Gasteiger partial charge in [-0.05, 0) is 41.5 Å². The van der Waals surface area contributed by atoms with Crippen molar-refractivity contribution in [2.24, 2.45) is 0 Å². The number of fused-ring (bicyclic) bond motifs is 8. The minimum atomic E-state index is 0.665. The molecule has 4 heteroatoms. The summed E-state index contributed by atoms with van der Waals surface area (Å²) < 4.78 is 6.34. The van der Waals surface area contributed by atoms with Crippen molar-refractivity contribution in [1.82, 2.24) is 15.0 Å². The lowest BCUT2D eigenvalue weighted by Crippen LogP contribution is -1.96. The lowest BCUT2D eigenvalue weighted by molar-refractivity contribution is 0.669. The molecular weight excluding hydrogens is 599 g/mol. The highest BCUT2D eigenvalue weighted by molar-refractivity contribution is 6.28. The second-order valence-corrected chi connectivity index (χ2v) is 12.4. The van der Waals surface area contributed by atoms with Gasteiger partial charge in [0.25, 0.3) is 0 Å². The molecule has 0 amide bonds. The molecule has 0 aliphatic heterocycles. The Morgan fingerprint density at radius 1 is 0.327 bits per heavy atom. The van der Waals surface area contributed by atoms with Gasteiger partial charge in [-0.15, -0.1) is 0 Å². The van der Waals surface area contributed by atoms with Crippen molar-refractivity contribution in [2.75, 3.05) is 0 Å². The molecule has 0 saturated carbocycles. The van der Waals surface area contributed by atoms with E-state index in [0.29, 0.717) is 5.82 Å². The summed E-state index contributed by atoms with van der Waals surface area (Å²) in [6.07, 6.45) is 0. The van der Waals surface area contributed by atoms with Crippen LogP contribution in [0.4, 0.5) is 0 Å². The van der Waals surface area contributed by atoms with Gasteiger partial charge in [-0.3, -0.25) is 0 Å². The fourth-order valence-electron chi connectivity index (χ4n) is 7.14. The van der Waals surface area contributed by atoms with Gasteiger partial charge in [0.2, 0.25) is 0 Å². The highest BCUT2D eigenvalue weighted by Crippen LogP contribution is 2.42. The van der Waals surface area contributed by atoms with Crippen molar-refractivity contribution in [2.45, 2.75) is 0 Å². The second kappa shape index (κ2) is 11.0. The standard InChI is InChI=1S/C45H27N3O/c1-3-11-28(12-4-1)29-19-21-31(22-20-29)43-34-15-7-9-17-37(34)47-45(48-43)32-23-24-33-38(27-32)46-44(30-13-5-2-6-14-30)36-25-26-40-42(41(33)36)35-16-8-10-18-39(35)49-40/h1-27H. The Labute approximate surface area is 282 Å². The lowest BCUT2D eigenvalue weighted by atomic mass is 9.95. The number of pyridine rings is 1. The van der Waals surface area contributed by atoms with E-state index < -0.39 is 0 Å². The van der Waals surface area contributed by atoms with E-state index in [9.17, 15) is 0 Å². The molecule has 0 aliphatic carbocycles. The first-order chi connectivity index (χ1) is 24.3. The van der Waals surface area contributed by atoms with E-state index in [-0.39, 0.29) is 0 Å². The molecule has 0 saturated heterocycles. The Hall–Kier alpha value is -6.65. The quantitative estimate of drug-likeness (QED) is 0.183. The smallest absolute Gasteiger partial charge is 0.160 e. The van der Waals surface area contributed by atoms with Crippen molar-refractivity contribution in [3.05, 3.63) is 164 Å². The average Bonchev–Trinajstić information content (AvgIpc) is 3.56. The summed E-state index contributed by atoms with van der Waals surface area (Å²) in [5, 5.41) is 6.51. The molecular formula is C45H27N3O. The second-order valence-electron chi connectivity index (χ2n) is 12.4. The maximum Gasteiger partial charge on any atom is 0.160 e. The number of benzene rings is 7. The van der Waals surface area contributed by atoms with E-state index in [2.05, 4.69) is 127 Å². The Morgan fingerprint density at radius 2 is 0.918 bits per heavy atom. The van der Waals surface area contributed by atoms with E-state index >= 15 is 0 Å². The van der Waals surface area contributed by atoms with Gasteiger partial charge < -0.3 is 4.42 Å². The largest absolute Gasteiger partial charge is 0.456 e. The first-order valence-electron chi connectivity index (χ1n) is 16.4. The Kier molecular flexibility index (Phi) is 6.15. The SMILES string of the molecule is c1ccc(-c2ccc(-c3nc(-c4ccc5c(c4)nc(-c4ccccc4)c4ccc6oc7ccccc7c6c45)nc4ccccc34)cc2)cc1. The van der Waals surface area contributed by atoms with Crippen LogP contribution in [0.15, 0.2) is 168 Å². The summed E-state index contributed by atoms with van der Waals surface area (Å²) in [5.41, 5.74) is 10.8. The average molecular weight is 626 g/mol.